The fourth-order valence-electron chi connectivity index (χ4n) is 1.04. The van der Waals surface area contributed by atoms with Crippen LogP contribution in [-0.2, 0) is 0 Å². The summed E-state index contributed by atoms with van der Waals surface area (Å²) in [6, 6.07) is 10.3. The lowest BCUT2D eigenvalue weighted by atomic mass is 10.2. The van der Waals surface area contributed by atoms with Crippen LogP contribution in [0.25, 0.3) is 6.08 Å². The van der Waals surface area contributed by atoms with E-state index in [1.165, 1.54) is 11.1 Å². The highest BCUT2D eigenvalue weighted by Gasteiger charge is 1.79. The van der Waals surface area contributed by atoms with E-state index in [1.54, 1.807) is 0 Å². The summed E-state index contributed by atoms with van der Waals surface area (Å²) in [5.74, 6) is 0. The second-order valence-electron chi connectivity index (χ2n) is 3.40. The van der Waals surface area contributed by atoms with Crippen molar-refractivity contribution in [3.05, 3.63) is 65.8 Å². The monoisotopic (exact) mass is 184 g/mol. The lowest BCUT2D eigenvalue weighted by molar-refractivity contribution is 1.39. The summed E-state index contributed by atoms with van der Waals surface area (Å²) in [7, 11) is 0. The molecule has 0 N–H and O–H groups in total. The van der Waals surface area contributed by atoms with Crippen LogP contribution in [0.1, 0.15) is 19.4 Å². The van der Waals surface area contributed by atoms with Crippen LogP contribution in [0.15, 0.2) is 60.2 Å². The molecule has 0 fully saturated rings. The molecule has 0 spiro atoms. The highest BCUT2D eigenvalue weighted by Crippen LogP contribution is 2.00. The minimum Gasteiger partial charge on any atom is -0.0764 e. The topological polar surface area (TPSA) is 0 Å². The average molecular weight is 184 g/mol. The van der Waals surface area contributed by atoms with Crippen molar-refractivity contribution in [3.8, 4) is 0 Å². The van der Waals surface area contributed by atoms with Gasteiger partial charge in [0.05, 0.1) is 0 Å². The first-order valence-corrected chi connectivity index (χ1v) is 4.82. The fraction of sp³-hybridized carbons (Fsp3) is 0.143. The summed E-state index contributed by atoms with van der Waals surface area (Å²) in [4.78, 5) is 0. The molecule has 0 heteroatoms. The summed E-state index contributed by atoms with van der Waals surface area (Å²) in [5.41, 5.74) is 2.55. The minimum atomic E-state index is 1.23. The first-order valence-electron chi connectivity index (χ1n) is 4.82. The first kappa shape index (κ1) is 10.5. The van der Waals surface area contributed by atoms with Crippen LogP contribution in [0.3, 0.4) is 0 Å². The average Bonchev–Trinajstić information content (AvgIpc) is 2.18. The lowest BCUT2D eigenvalue weighted by Gasteiger charge is -1.88. The maximum atomic E-state index is 2.09. The Balaban J connectivity index is 2.50. The standard InChI is InChI=1S/C14H16/c1-13(2)9-5-3-6-10-14-11-7-4-8-12-14/h3-12H,1-2H3. The van der Waals surface area contributed by atoms with Gasteiger partial charge in [-0.15, -0.1) is 0 Å². The van der Waals surface area contributed by atoms with E-state index in [9.17, 15) is 0 Å². The molecule has 72 valence electrons. The predicted molar refractivity (Wildman–Crippen MR) is 64.0 cm³/mol. The van der Waals surface area contributed by atoms with Crippen molar-refractivity contribution in [2.24, 2.45) is 0 Å². The zero-order valence-corrected chi connectivity index (χ0v) is 8.77. The van der Waals surface area contributed by atoms with Crippen LogP contribution in [0.5, 0.6) is 0 Å². The van der Waals surface area contributed by atoms with E-state index in [-0.39, 0.29) is 0 Å². The highest BCUT2D eigenvalue weighted by molar-refractivity contribution is 5.50. The number of rotatable bonds is 3. The van der Waals surface area contributed by atoms with Crippen molar-refractivity contribution in [3.63, 3.8) is 0 Å². The maximum absolute atomic E-state index is 2.09. The third-order valence-electron chi connectivity index (χ3n) is 1.74. The number of benzene rings is 1. The number of hydrogen-bond acceptors (Lipinski definition) is 0. The van der Waals surface area contributed by atoms with E-state index in [2.05, 4.69) is 50.3 Å². The molecule has 1 aromatic rings. The zero-order chi connectivity index (χ0) is 10.2. The summed E-state index contributed by atoms with van der Waals surface area (Å²) < 4.78 is 0. The van der Waals surface area contributed by atoms with Gasteiger partial charge in [-0.3, -0.25) is 0 Å². The third kappa shape index (κ3) is 4.46. The van der Waals surface area contributed by atoms with E-state index in [4.69, 9.17) is 0 Å². The van der Waals surface area contributed by atoms with Gasteiger partial charge in [-0.1, -0.05) is 66.3 Å². The normalized spacial score (nSPS) is 11.0. The van der Waals surface area contributed by atoms with Gasteiger partial charge in [0, 0.05) is 0 Å². The van der Waals surface area contributed by atoms with Crippen LogP contribution in [-0.4, -0.2) is 0 Å². The molecule has 0 unspecified atom stereocenters. The van der Waals surface area contributed by atoms with Gasteiger partial charge in [-0.2, -0.15) is 0 Å². The van der Waals surface area contributed by atoms with E-state index in [0.717, 1.165) is 0 Å². The Hall–Kier alpha value is -1.56. The fourth-order valence-corrected chi connectivity index (χ4v) is 1.04. The van der Waals surface area contributed by atoms with Crippen molar-refractivity contribution < 1.29 is 0 Å². The van der Waals surface area contributed by atoms with Crippen LogP contribution >= 0.6 is 0 Å². The van der Waals surface area contributed by atoms with Crippen molar-refractivity contribution in [1.29, 1.82) is 0 Å². The maximum Gasteiger partial charge on any atom is -0.0257 e. The largest absolute Gasteiger partial charge is 0.0764 e. The quantitative estimate of drug-likeness (QED) is 0.617. The SMILES string of the molecule is CC(C)=CC=CC=Cc1ccccc1. The van der Waals surface area contributed by atoms with Gasteiger partial charge in [-0.05, 0) is 19.4 Å². The van der Waals surface area contributed by atoms with E-state index in [1.807, 2.05) is 24.3 Å². The predicted octanol–water partition coefficient (Wildman–Crippen LogP) is 4.22. The van der Waals surface area contributed by atoms with Crippen LogP contribution in [0.4, 0.5) is 0 Å². The minimum absolute atomic E-state index is 1.23. The van der Waals surface area contributed by atoms with Crippen LogP contribution < -0.4 is 0 Å². The molecule has 0 aliphatic heterocycles. The molecule has 0 saturated heterocycles. The van der Waals surface area contributed by atoms with Crippen molar-refractivity contribution in [1.82, 2.24) is 0 Å². The highest BCUT2D eigenvalue weighted by atomic mass is 13.8. The van der Waals surface area contributed by atoms with E-state index >= 15 is 0 Å². The molecule has 0 heterocycles. The molecule has 0 bridgehead atoms. The van der Waals surface area contributed by atoms with Crippen molar-refractivity contribution in [2.75, 3.05) is 0 Å². The smallest absolute Gasteiger partial charge is 0.0257 e. The number of allylic oxidation sites excluding steroid dienone is 5. The molecule has 0 amide bonds. The van der Waals surface area contributed by atoms with Gasteiger partial charge < -0.3 is 0 Å². The van der Waals surface area contributed by atoms with Crippen molar-refractivity contribution in [2.45, 2.75) is 13.8 Å². The summed E-state index contributed by atoms with van der Waals surface area (Å²) in [6.07, 6.45) is 10.3. The molecule has 14 heavy (non-hydrogen) atoms. The number of hydrogen-bond donors (Lipinski definition) is 0. The second-order valence-corrected chi connectivity index (χ2v) is 3.40. The molecule has 0 aliphatic rings. The molecule has 0 saturated carbocycles. The molecule has 0 radical (unpaired) electrons. The molecule has 0 atom stereocenters. The van der Waals surface area contributed by atoms with Gasteiger partial charge >= 0.3 is 0 Å². The molecule has 0 nitrogen and oxygen atoms in total. The van der Waals surface area contributed by atoms with E-state index in [0.29, 0.717) is 0 Å². The Morgan fingerprint density at radius 2 is 1.64 bits per heavy atom. The van der Waals surface area contributed by atoms with Crippen LogP contribution in [0, 0.1) is 0 Å². The van der Waals surface area contributed by atoms with Crippen LogP contribution in [0.2, 0.25) is 0 Å². The molecule has 0 aliphatic carbocycles. The third-order valence-corrected chi connectivity index (χ3v) is 1.74. The Morgan fingerprint density at radius 3 is 2.29 bits per heavy atom. The summed E-state index contributed by atoms with van der Waals surface area (Å²) in [5, 5.41) is 0. The molecule has 1 aromatic carbocycles. The Bertz CT molecular complexity index is 336. The van der Waals surface area contributed by atoms with Crippen molar-refractivity contribution >= 4 is 6.08 Å². The molecular formula is C14H16. The lowest BCUT2D eigenvalue weighted by Crippen LogP contribution is -1.66. The van der Waals surface area contributed by atoms with Gasteiger partial charge in [0.2, 0.25) is 0 Å². The molecule has 1 rings (SSSR count). The van der Waals surface area contributed by atoms with E-state index < -0.39 is 0 Å². The van der Waals surface area contributed by atoms with Gasteiger partial charge in [0.1, 0.15) is 0 Å². The zero-order valence-electron chi connectivity index (χ0n) is 8.77. The summed E-state index contributed by atoms with van der Waals surface area (Å²) >= 11 is 0. The second kappa shape index (κ2) is 5.98. The molecular weight excluding hydrogens is 168 g/mol. The first-order chi connectivity index (χ1) is 6.79. The Labute approximate surface area is 86.3 Å². The van der Waals surface area contributed by atoms with Gasteiger partial charge in [0.25, 0.3) is 0 Å². The Morgan fingerprint density at radius 1 is 0.929 bits per heavy atom. The summed E-state index contributed by atoms with van der Waals surface area (Å²) in [6.45, 7) is 4.18. The molecule has 0 aromatic heterocycles. The van der Waals surface area contributed by atoms with Gasteiger partial charge in [0.15, 0.2) is 0 Å². The van der Waals surface area contributed by atoms with Gasteiger partial charge in [-0.25, -0.2) is 0 Å². The Kier molecular flexibility index (Phi) is 4.49.